The van der Waals surface area contributed by atoms with Gasteiger partial charge in [0.05, 0.1) is 9.50 Å². The van der Waals surface area contributed by atoms with Gasteiger partial charge in [0.2, 0.25) is 0 Å². The van der Waals surface area contributed by atoms with Crippen LogP contribution in [-0.2, 0) is 6.61 Å². The molecule has 0 spiro atoms. The Kier molecular flexibility index (Phi) is 4.09. The molecule has 0 bridgehead atoms. The highest BCUT2D eigenvalue weighted by Crippen LogP contribution is 2.28. The molecule has 0 aliphatic heterocycles. The van der Waals surface area contributed by atoms with Crippen molar-refractivity contribution in [2.24, 2.45) is 0 Å². The minimum Gasteiger partial charge on any atom is -0.488 e. The average molecular weight is 331 g/mol. The highest BCUT2D eigenvalue weighted by Gasteiger charge is 2.04. The van der Waals surface area contributed by atoms with Gasteiger partial charge in [-0.05, 0) is 45.8 Å². The van der Waals surface area contributed by atoms with E-state index in [0.29, 0.717) is 18.0 Å². The van der Waals surface area contributed by atoms with E-state index < -0.39 is 5.82 Å². The summed E-state index contributed by atoms with van der Waals surface area (Å²) < 4.78 is 19.4. The van der Waals surface area contributed by atoms with E-state index in [0.717, 1.165) is 10.0 Å². The molecule has 0 radical (unpaired) electrons. The van der Waals surface area contributed by atoms with Crippen molar-refractivity contribution in [3.05, 3.63) is 57.3 Å². The molecule has 0 aliphatic rings. The van der Waals surface area contributed by atoms with Gasteiger partial charge in [0.15, 0.2) is 0 Å². The van der Waals surface area contributed by atoms with Crippen molar-refractivity contribution in [3.63, 3.8) is 0 Å². The lowest BCUT2D eigenvalue weighted by atomic mass is 10.2. The second-order valence-corrected chi connectivity index (χ2v) is 4.99. The zero-order valence-electron chi connectivity index (χ0n) is 9.29. The van der Waals surface area contributed by atoms with Gasteiger partial charge in [0.1, 0.15) is 18.2 Å². The van der Waals surface area contributed by atoms with E-state index in [1.54, 1.807) is 18.2 Å². The van der Waals surface area contributed by atoms with E-state index in [9.17, 15) is 4.39 Å². The molecule has 0 aromatic heterocycles. The fourth-order valence-corrected chi connectivity index (χ4v) is 1.99. The summed E-state index contributed by atoms with van der Waals surface area (Å²) >= 11 is 9.06. The Morgan fingerprint density at radius 3 is 2.72 bits per heavy atom. The molecule has 0 amide bonds. The minimum absolute atomic E-state index is 0.0859. The van der Waals surface area contributed by atoms with Crippen molar-refractivity contribution in [2.45, 2.75) is 6.61 Å². The average Bonchev–Trinajstić information content (AvgIpc) is 2.34. The Morgan fingerprint density at radius 2 is 2.00 bits per heavy atom. The van der Waals surface area contributed by atoms with Crippen LogP contribution < -0.4 is 10.5 Å². The predicted molar refractivity (Wildman–Crippen MR) is 74.3 cm³/mol. The first kappa shape index (κ1) is 13.2. The van der Waals surface area contributed by atoms with Crippen LogP contribution in [0.2, 0.25) is 5.02 Å². The lowest BCUT2D eigenvalue weighted by Gasteiger charge is -2.09. The van der Waals surface area contributed by atoms with Crippen molar-refractivity contribution in [1.29, 1.82) is 0 Å². The Labute approximate surface area is 118 Å². The third-order valence-corrected chi connectivity index (χ3v) is 3.28. The molecule has 2 aromatic rings. The van der Waals surface area contributed by atoms with E-state index in [1.807, 2.05) is 6.07 Å². The third kappa shape index (κ3) is 3.15. The molecule has 0 fully saturated rings. The number of rotatable bonds is 3. The number of halogens is 3. The topological polar surface area (TPSA) is 35.2 Å². The maximum atomic E-state index is 13.0. The Balaban J connectivity index is 2.11. The fraction of sp³-hybridized carbons (Fsp3) is 0.0769. The lowest BCUT2D eigenvalue weighted by Crippen LogP contribution is -1.97. The predicted octanol–water partition coefficient (Wildman–Crippen LogP) is 4.40. The Bertz CT molecular complexity index is 577. The molecule has 0 unspecified atom stereocenters. The maximum Gasteiger partial charge on any atom is 0.141 e. The van der Waals surface area contributed by atoms with Crippen molar-refractivity contribution in [3.8, 4) is 5.75 Å². The summed E-state index contributed by atoms with van der Waals surface area (Å²) in [6.45, 7) is 0.294. The summed E-state index contributed by atoms with van der Waals surface area (Å²) in [5.74, 6) is 0.195. The molecular weight excluding hydrogens is 321 g/mol. The van der Waals surface area contributed by atoms with Crippen LogP contribution in [0.4, 0.5) is 10.1 Å². The van der Waals surface area contributed by atoms with Crippen molar-refractivity contribution >= 4 is 33.2 Å². The van der Waals surface area contributed by atoms with Gasteiger partial charge in [0.25, 0.3) is 0 Å². The van der Waals surface area contributed by atoms with Gasteiger partial charge in [-0.2, -0.15) is 0 Å². The van der Waals surface area contributed by atoms with Crippen LogP contribution in [0.5, 0.6) is 5.75 Å². The number of benzene rings is 2. The number of ether oxygens (including phenoxy) is 1. The van der Waals surface area contributed by atoms with Gasteiger partial charge < -0.3 is 10.5 Å². The second-order valence-electron chi connectivity index (χ2n) is 3.73. The largest absolute Gasteiger partial charge is 0.488 e. The van der Waals surface area contributed by atoms with Crippen molar-refractivity contribution < 1.29 is 9.13 Å². The second kappa shape index (κ2) is 5.59. The summed E-state index contributed by atoms with van der Waals surface area (Å²) in [6.07, 6.45) is 0. The van der Waals surface area contributed by atoms with Crippen LogP contribution >= 0.6 is 27.5 Å². The molecule has 18 heavy (non-hydrogen) atoms. The first-order valence-corrected chi connectivity index (χ1v) is 6.35. The molecule has 0 saturated heterocycles. The first-order chi connectivity index (χ1) is 8.56. The maximum absolute atomic E-state index is 13.0. The molecule has 2 aromatic carbocycles. The van der Waals surface area contributed by atoms with Crippen LogP contribution in [0.15, 0.2) is 40.9 Å². The third-order valence-electron chi connectivity index (χ3n) is 2.33. The zero-order chi connectivity index (χ0) is 13.1. The van der Waals surface area contributed by atoms with Crippen LogP contribution in [0.25, 0.3) is 0 Å². The number of anilines is 1. The molecule has 0 aliphatic carbocycles. The van der Waals surface area contributed by atoms with Gasteiger partial charge in [-0.25, -0.2) is 4.39 Å². The highest BCUT2D eigenvalue weighted by atomic mass is 79.9. The molecule has 0 saturated carbocycles. The molecule has 2 nitrogen and oxygen atoms in total. The smallest absolute Gasteiger partial charge is 0.141 e. The molecule has 0 heterocycles. The molecule has 0 atom stereocenters. The number of hydrogen-bond acceptors (Lipinski definition) is 2. The van der Waals surface area contributed by atoms with E-state index in [-0.39, 0.29) is 5.02 Å². The van der Waals surface area contributed by atoms with E-state index >= 15 is 0 Å². The van der Waals surface area contributed by atoms with Crippen molar-refractivity contribution in [1.82, 2.24) is 0 Å². The number of nitrogens with two attached hydrogens (primary N) is 1. The monoisotopic (exact) mass is 329 g/mol. The van der Waals surface area contributed by atoms with Crippen LogP contribution in [0.1, 0.15) is 5.56 Å². The number of nitrogen functional groups attached to an aromatic ring is 1. The molecule has 2 rings (SSSR count). The fourth-order valence-electron chi connectivity index (χ4n) is 1.42. The summed E-state index contributed by atoms with van der Waals surface area (Å²) in [7, 11) is 0. The molecule has 5 heteroatoms. The van der Waals surface area contributed by atoms with Gasteiger partial charge in [-0.15, -0.1) is 0 Å². The van der Waals surface area contributed by atoms with Crippen LogP contribution in [0, 0.1) is 5.82 Å². The Hall–Kier alpha value is -1.26. The molecule has 2 N–H and O–H groups in total. The zero-order valence-corrected chi connectivity index (χ0v) is 11.6. The quantitative estimate of drug-likeness (QED) is 0.846. The lowest BCUT2D eigenvalue weighted by molar-refractivity contribution is 0.304. The standard InChI is InChI=1S/C13H10BrClFNO/c14-10-3-2-9(17)6-13(10)18-7-8-1-4-12(16)11(15)5-8/h1-6H,7,17H2. The molecule has 94 valence electrons. The Morgan fingerprint density at radius 1 is 1.22 bits per heavy atom. The van der Waals surface area contributed by atoms with E-state index in [2.05, 4.69) is 15.9 Å². The van der Waals surface area contributed by atoms with Gasteiger partial charge in [-0.1, -0.05) is 17.7 Å². The first-order valence-electron chi connectivity index (χ1n) is 5.18. The highest BCUT2D eigenvalue weighted by molar-refractivity contribution is 9.10. The van der Waals surface area contributed by atoms with Gasteiger partial charge in [-0.3, -0.25) is 0 Å². The van der Waals surface area contributed by atoms with Crippen LogP contribution in [0.3, 0.4) is 0 Å². The SMILES string of the molecule is Nc1ccc(Br)c(OCc2ccc(F)c(Cl)c2)c1. The van der Waals surface area contributed by atoms with Gasteiger partial charge in [0, 0.05) is 11.8 Å². The van der Waals surface area contributed by atoms with Crippen molar-refractivity contribution in [2.75, 3.05) is 5.73 Å². The van der Waals surface area contributed by atoms with Crippen LogP contribution in [-0.4, -0.2) is 0 Å². The summed E-state index contributed by atoms with van der Waals surface area (Å²) in [4.78, 5) is 0. The summed E-state index contributed by atoms with van der Waals surface area (Å²) in [6, 6.07) is 9.77. The summed E-state index contributed by atoms with van der Waals surface area (Å²) in [5, 5.41) is 0.0859. The van der Waals surface area contributed by atoms with E-state index in [1.165, 1.54) is 12.1 Å². The minimum atomic E-state index is -0.439. The normalized spacial score (nSPS) is 10.4. The number of hydrogen-bond donors (Lipinski definition) is 1. The van der Waals surface area contributed by atoms with Gasteiger partial charge >= 0.3 is 0 Å². The summed E-state index contributed by atoms with van der Waals surface area (Å²) in [5.41, 5.74) is 7.07. The van der Waals surface area contributed by atoms with E-state index in [4.69, 9.17) is 22.1 Å². The molecular formula is C13H10BrClFNO.